The number of nitrogens with one attached hydrogen (secondary N) is 1. The van der Waals surface area contributed by atoms with Gasteiger partial charge in [0.2, 0.25) is 0 Å². The van der Waals surface area contributed by atoms with E-state index in [2.05, 4.69) is 15.3 Å². The first-order valence-electron chi connectivity index (χ1n) is 5.49. The molecule has 0 spiro atoms. The van der Waals surface area contributed by atoms with Crippen LogP contribution >= 0.6 is 11.3 Å². The first-order valence-corrected chi connectivity index (χ1v) is 6.37. The number of thiazole rings is 1. The molecule has 2 heterocycles. The van der Waals surface area contributed by atoms with Gasteiger partial charge in [-0.15, -0.1) is 11.3 Å². The molecular weight excluding hydrogens is 236 g/mol. The molecule has 1 N–H and O–H groups in total. The lowest BCUT2D eigenvalue weighted by molar-refractivity contribution is 0.0952. The molecular formula is C11H14N4OS. The number of rotatable bonds is 6. The monoisotopic (exact) mass is 250 g/mol. The lowest BCUT2D eigenvalue weighted by atomic mass is 10.3. The fourth-order valence-electron chi connectivity index (χ4n) is 1.45. The van der Waals surface area contributed by atoms with E-state index in [9.17, 15) is 4.79 Å². The fraction of sp³-hybridized carbons (Fsp3) is 0.364. The van der Waals surface area contributed by atoms with E-state index in [1.54, 1.807) is 24.1 Å². The Balaban J connectivity index is 1.59. The van der Waals surface area contributed by atoms with E-state index in [0.717, 1.165) is 19.4 Å². The van der Waals surface area contributed by atoms with Crippen molar-refractivity contribution in [1.29, 1.82) is 0 Å². The molecule has 0 saturated carbocycles. The van der Waals surface area contributed by atoms with Crippen LogP contribution in [0.5, 0.6) is 0 Å². The molecule has 0 aliphatic carbocycles. The van der Waals surface area contributed by atoms with Gasteiger partial charge in [0.25, 0.3) is 5.91 Å². The van der Waals surface area contributed by atoms with Crippen LogP contribution in [0.1, 0.15) is 22.6 Å². The third-order valence-corrected chi connectivity index (χ3v) is 3.09. The highest BCUT2D eigenvalue weighted by Gasteiger charge is 2.06. The Kier molecular flexibility index (Phi) is 4.26. The van der Waals surface area contributed by atoms with Crippen LogP contribution in [-0.2, 0) is 6.54 Å². The summed E-state index contributed by atoms with van der Waals surface area (Å²) in [5, 5.41) is 5.18. The Bertz CT molecular complexity index is 438. The molecule has 0 aliphatic heterocycles. The standard InChI is InChI=1S/C11H14N4OS/c16-10(11-14-5-8-17-11)13-3-1-2-6-15-7-4-12-9-15/h4-5,7-9H,1-3,6H2,(H,13,16). The normalized spacial score (nSPS) is 10.4. The molecule has 17 heavy (non-hydrogen) atoms. The number of aromatic nitrogens is 3. The number of hydrogen-bond acceptors (Lipinski definition) is 4. The van der Waals surface area contributed by atoms with Gasteiger partial charge < -0.3 is 9.88 Å². The van der Waals surface area contributed by atoms with Crippen LogP contribution in [0, 0.1) is 0 Å². The average molecular weight is 250 g/mol. The van der Waals surface area contributed by atoms with Crippen LogP contribution < -0.4 is 5.32 Å². The zero-order chi connectivity index (χ0) is 11.9. The minimum Gasteiger partial charge on any atom is -0.350 e. The van der Waals surface area contributed by atoms with Crippen molar-refractivity contribution in [2.75, 3.05) is 6.54 Å². The van der Waals surface area contributed by atoms with Crippen LogP contribution in [0.2, 0.25) is 0 Å². The highest BCUT2D eigenvalue weighted by molar-refractivity contribution is 7.11. The van der Waals surface area contributed by atoms with Crippen molar-refractivity contribution < 1.29 is 4.79 Å². The van der Waals surface area contributed by atoms with E-state index >= 15 is 0 Å². The number of imidazole rings is 1. The minimum atomic E-state index is -0.0809. The van der Waals surface area contributed by atoms with E-state index < -0.39 is 0 Å². The van der Waals surface area contributed by atoms with E-state index in [4.69, 9.17) is 0 Å². The highest BCUT2D eigenvalue weighted by Crippen LogP contribution is 2.03. The van der Waals surface area contributed by atoms with Crippen molar-refractivity contribution >= 4 is 17.2 Å². The molecule has 0 fully saturated rings. The summed E-state index contributed by atoms with van der Waals surface area (Å²) in [6, 6.07) is 0. The maximum atomic E-state index is 11.5. The van der Waals surface area contributed by atoms with Crippen molar-refractivity contribution in [3.63, 3.8) is 0 Å². The van der Waals surface area contributed by atoms with Crippen molar-refractivity contribution in [3.8, 4) is 0 Å². The number of aryl methyl sites for hydroxylation is 1. The van der Waals surface area contributed by atoms with Crippen LogP contribution in [0.15, 0.2) is 30.3 Å². The summed E-state index contributed by atoms with van der Waals surface area (Å²) in [7, 11) is 0. The zero-order valence-electron chi connectivity index (χ0n) is 9.37. The molecule has 90 valence electrons. The molecule has 0 saturated heterocycles. The largest absolute Gasteiger partial charge is 0.350 e. The number of nitrogens with zero attached hydrogens (tertiary/aromatic N) is 3. The molecule has 0 bridgehead atoms. The van der Waals surface area contributed by atoms with Crippen LogP contribution in [0.4, 0.5) is 0 Å². The summed E-state index contributed by atoms with van der Waals surface area (Å²) in [5.74, 6) is -0.0809. The first-order chi connectivity index (χ1) is 8.36. The summed E-state index contributed by atoms with van der Waals surface area (Å²) in [6.45, 7) is 1.63. The van der Waals surface area contributed by atoms with Gasteiger partial charge in [-0.05, 0) is 12.8 Å². The third-order valence-electron chi connectivity index (χ3n) is 2.31. The van der Waals surface area contributed by atoms with Crippen LogP contribution in [-0.4, -0.2) is 27.0 Å². The predicted octanol–water partition coefficient (Wildman–Crippen LogP) is 1.55. The molecule has 0 aliphatic rings. The van der Waals surface area contributed by atoms with Gasteiger partial charge in [0, 0.05) is 37.1 Å². The highest BCUT2D eigenvalue weighted by atomic mass is 32.1. The zero-order valence-corrected chi connectivity index (χ0v) is 10.2. The number of amides is 1. The average Bonchev–Trinajstić information content (AvgIpc) is 3.01. The Labute approximate surface area is 104 Å². The smallest absolute Gasteiger partial charge is 0.280 e. The second-order valence-corrected chi connectivity index (χ2v) is 4.50. The molecule has 0 atom stereocenters. The summed E-state index contributed by atoms with van der Waals surface area (Å²) < 4.78 is 2.03. The molecule has 0 unspecified atom stereocenters. The first kappa shape index (κ1) is 11.8. The minimum absolute atomic E-state index is 0.0809. The predicted molar refractivity (Wildman–Crippen MR) is 65.9 cm³/mol. The maximum absolute atomic E-state index is 11.5. The summed E-state index contributed by atoms with van der Waals surface area (Å²) in [6.07, 6.45) is 9.12. The van der Waals surface area contributed by atoms with E-state index in [0.29, 0.717) is 11.6 Å². The van der Waals surface area contributed by atoms with Gasteiger partial charge in [0.1, 0.15) is 0 Å². The number of carbonyl (C=O) groups excluding carboxylic acids is 1. The lowest BCUT2D eigenvalue weighted by Gasteiger charge is -2.03. The summed E-state index contributed by atoms with van der Waals surface area (Å²) >= 11 is 1.36. The van der Waals surface area contributed by atoms with Gasteiger partial charge in [-0.2, -0.15) is 0 Å². The fourth-order valence-corrected chi connectivity index (χ4v) is 2.00. The molecule has 0 aromatic carbocycles. The van der Waals surface area contributed by atoms with E-state index in [-0.39, 0.29) is 5.91 Å². The van der Waals surface area contributed by atoms with Crippen LogP contribution in [0.25, 0.3) is 0 Å². The molecule has 2 aromatic rings. The van der Waals surface area contributed by atoms with Crippen molar-refractivity contribution in [1.82, 2.24) is 19.9 Å². The number of hydrogen-bond donors (Lipinski definition) is 1. The molecule has 2 aromatic heterocycles. The third kappa shape index (κ3) is 3.67. The second-order valence-electron chi connectivity index (χ2n) is 3.60. The van der Waals surface area contributed by atoms with Gasteiger partial charge in [0.15, 0.2) is 5.01 Å². The Morgan fingerprint density at radius 1 is 1.41 bits per heavy atom. The lowest BCUT2D eigenvalue weighted by Crippen LogP contribution is -2.24. The number of unbranched alkanes of at least 4 members (excludes halogenated alkanes) is 1. The SMILES string of the molecule is O=C(NCCCCn1ccnc1)c1nccs1. The van der Waals surface area contributed by atoms with Crippen molar-refractivity contribution in [2.24, 2.45) is 0 Å². The maximum Gasteiger partial charge on any atom is 0.280 e. The molecule has 1 amide bonds. The van der Waals surface area contributed by atoms with Gasteiger partial charge in [-0.3, -0.25) is 4.79 Å². The van der Waals surface area contributed by atoms with Crippen LogP contribution in [0.3, 0.4) is 0 Å². The van der Waals surface area contributed by atoms with Crippen molar-refractivity contribution in [2.45, 2.75) is 19.4 Å². The molecule has 6 heteroatoms. The topological polar surface area (TPSA) is 59.8 Å². The molecule has 0 radical (unpaired) electrons. The van der Waals surface area contributed by atoms with Gasteiger partial charge >= 0.3 is 0 Å². The Hall–Kier alpha value is -1.69. The van der Waals surface area contributed by atoms with E-state index in [1.807, 2.05) is 10.8 Å². The second kappa shape index (κ2) is 6.15. The van der Waals surface area contributed by atoms with Crippen molar-refractivity contribution in [3.05, 3.63) is 35.3 Å². The van der Waals surface area contributed by atoms with E-state index in [1.165, 1.54) is 11.3 Å². The van der Waals surface area contributed by atoms with Gasteiger partial charge in [-0.1, -0.05) is 0 Å². The molecule has 2 rings (SSSR count). The van der Waals surface area contributed by atoms with Gasteiger partial charge in [-0.25, -0.2) is 9.97 Å². The summed E-state index contributed by atoms with van der Waals surface area (Å²) in [5.41, 5.74) is 0. The quantitative estimate of drug-likeness (QED) is 0.791. The Morgan fingerprint density at radius 2 is 2.35 bits per heavy atom. The number of carbonyl (C=O) groups is 1. The Morgan fingerprint density at radius 3 is 3.06 bits per heavy atom. The molecule has 5 nitrogen and oxygen atoms in total. The summed E-state index contributed by atoms with van der Waals surface area (Å²) in [4.78, 5) is 19.4. The van der Waals surface area contributed by atoms with Gasteiger partial charge in [0.05, 0.1) is 6.33 Å².